The van der Waals surface area contributed by atoms with Gasteiger partial charge in [-0.25, -0.2) is 22.4 Å². The van der Waals surface area contributed by atoms with Gasteiger partial charge in [0.2, 0.25) is 23.5 Å². The average Bonchev–Trinajstić information content (AvgIpc) is 3.62. The van der Waals surface area contributed by atoms with Crippen LogP contribution in [0.4, 0.5) is 22.4 Å². The molecule has 38 heavy (non-hydrogen) atoms. The molecule has 0 bridgehead atoms. The summed E-state index contributed by atoms with van der Waals surface area (Å²) in [6, 6.07) is -4.80. The van der Waals surface area contributed by atoms with Crippen molar-refractivity contribution in [2.75, 3.05) is 6.54 Å². The van der Waals surface area contributed by atoms with Gasteiger partial charge < -0.3 is 26.0 Å². The van der Waals surface area contributed by atoms with Gasteiger partial charge in [-0.05, 0) is 38.0 Å². The predicted octanol–water partition coefficient (Wildman–Crippen LogP) is 2.06. The highest BCUT2D eigenvalue weighted by molar-refractivity contribution is 6.38. The van der Waals surface area contributed by atoms with E-state index in [2.05, 4.69) is 16.0 Å². The molecule has 1 unspecified atom stereocenters. The Bertz CT molecular complexity index is 1010. The molecule has 3 rings (SSSR count). The lowest BCUT2D eigenvalue weighted by Gasteiger charge is -2.35. The Morgan fingerprint density at radius 2 is 1.63 bits per heavy atom. The molecule has 14 heteroatoms. The van der Waals surface area contributed by atoms with Crippen molar-refractivity contribution in [2.24, 2.45) is 10.8 Å². The Balaban J connectivity index is 1.85. The summed E-state index contributed by atoms with van der Waals surface area (Å²) in [5.74, 6) is -10.6. The SMILES string of the molecule is CC(F)(F)CC[C@H](NC(=O)[C@@H]1CC2(CN1C(=O)[C@@H](NC(=O)O)C(C)(C)C)CC2(F)F)C(=O)C(=O)NC1CC1. The molecule has 0 aromatic heterocycles. The number of amides is 4. The largest absolute Gasteiger partial charge is 0.465 e. The van der Waals surface area contributed by atoms with Crippen LogP contribution in [0, 0.1) is 10.8 Å². The van der Waals surface area contributed by atoms with Crippen molar-refractivity contribution >= 4 is 29.6 Å². The third-order valence-electron chi connectivity index (χ3n) is 7.25. The molecule has 4 N–H and O–H groups in total. The number of halogens is 4. The van der Waals surface area contributed by atoms with Crippen LogP contribution in [-0.4, -0.2) is 82.2 Å². The fourth-order valence-electron chi connectivity index (χ4n) is 4.74. The van der Waals surface area contributed by atoms with E-state index >= 15 is 0 Å². The first kappa shape index (κ1) is 29.6. The number of carbonyl (C=O) groups excluding carboxylic acids is 4. The van der Waals surface area contributed by atoms with E-state index in [4.69, 9.17) is 0 Å². The molecule has 0 aromatic carbocycles. The van der Waals surface area contributed by atoms with Gasteiger partial charge >= 0.3 is 6.09 Å². The van der Waals surface area contributed by atoms with E-state index in [9.17, 15) is 46.6 Å². The highest BCUT2D eigenvalue weighted by Crippen LogP contribution is 2.66. The number of nitrogens with one attached hydrogen (secondary N) is 3. The van der Waals surface area contributed by atoms with E-state index < -0.39 is 103 Å². The quantitative estimate of drug-likeness (QED) is 0.242. The maximum absolute atomic E-state index is 14.3. The molecule has 0 radical (unpaired) electrons. The van der Waals surface area contributed by atoms with Crippen molar-refractivity contribution in [1.29, 1.82) is 0 Å². The molecule has 0 aromatic rings. The van der Waals surface area contributed by atoms with E-state index in [1.807, 2.05) is 0 Å². The Morgan fingerprint density at radius 3 is 2.08 bits per heavy atom. The lowest BCUT2D eigenvalue weighted by atomic mass is 9.85. The number of rotatable bonds is 10. The molecule has 1 spiro atoms. The summed E-state index contributed by atoms with van der Waals surface area (Å²) in [4.78, 5) is 64.0. The lowest BCUT2D eigenvalue weighted by molar-refractivity contribution is -0.144. The number of carbonyl (C=O) groups is 5. The number of nitrogens with zero attached hydrogens (tertiary/aromatic N) is 1. The molecule has 4 atom stereocenters. The summed E-state index contributed by atoms with van der Waals surface area (Å²) >= 11 is 0. The molecule has 214 valence electrons. The van der Waals surface area contributed by atoms with Gasteiger partial charge in [0.25, 0.3) is 11.8 Å². The number of hydrogen-bond donors (Lipinski definition) is 4. The maximum atomic E-state index is 14.3. The van der Waals surface area contributed by atoms with Crippen molar-refractivity contribution in [3.63, 3.8) is 0 Å². The zero-order valence-electron chi connectivity index (χ0n) is 21.7. The molecule has 2 saturated carbocycles. The van der Waals surface area contributed by atoms with Crippen LogP contribution < -0.4 is 16.0 Å². The molecule has 1 aliphatic heterocycles. The van der Waals surface area contributed by atoms with Gasteiger partial charge in [-0.3, -0.25) is 19.2 Å². The molecule has 4 amide bonds. The van der Waals surface area contributed by atoms with Crippen molar-refractivity contribution in [1.82, 2.24) is 20.9 Å². The van der Waals surface area contributed by atoms with E-state index in [-0.39, 0.29) is 6.04 Å². The molecule has 10 nitrogen and oxygen atoms in total. The van der Waals surface area contributed by atoms with E-state index in [0.29, 0.717) is 19.8 Å². The summed E-state index contributed by atoms with van der Waals surface area (Å²) in [5, 5.41) is 16.0. The normalized spacial score (nSPS) is 25.9. The van der Waals surface area contributed by atoms with Gasteiger partial charge in [-0.2, -0.15) is 0 Å². The van der Waals surface area contributed by atoms with Gasteiger partial charge in [-0.15, -0.1) is 0 Å². The van der Waals surface area contributed by atoms with Crippen LogP contribution in [0.3, 0.4) is 0 Å². The maximum Gasteiger partial charge on any atom is 0.405 e. The molecule has 2 aliphatic carbocycles. The van der Waals surface area contributed by atoms with Crippen LogP contribution >= 0.6 is 0 Å². The van der Waals surface area contributed by atoms with Gasteiger partial charge in [0.1, 0.15) is 12.1 Å². The lowest BCUT2D eigenvalue weighted by Crippen LogP contribution is -2.59. The second kappa shape index (κ2) is 9.99. The van der Waals surface area contributed by atoms with Gasteiger partial charge in [0.05, 0.1) is 11.5 Å². The van der Waals surface area contributed by atoms with Crippen molar-refractivity contribution in [3.8, 4) is 0 Å². The first-order valence-corrected chi connectivity index (χ1v) is 12.5. The third kappa shape index (κ3) is 6.73. The van der Waals surface area contributed by atoms with Crippen molar-refractivity contribution < 1.29 is 46.6 Å². The van der Waals surface area contributed by atoms with E-state index in [1.54, 1.807) is 20.8 Å². The van der Waals surface area contributed by atoms with E-state index in [1.165, 1.54) is 0 Å². The fourth-order valence-corrected chi connectivity index (χ4v) is 4.74. The number of likely N-dealkylation sites (tertiary alicyclic amines) is 1. The van der Waals surface area contributed by atoms with Crippen LogP contribution in [0.1, 0.15) is 66.2 Å². The zero-order valence-corrected chi connectivity index (χ0v) is 21.7. The molecular weight excluding hydrogens is 516 g/mol. The van der Waals surface area contributed by atoms with Crippen LogP contribution in [0.2, 0.25) is 0 Å². The fraction of sp³-hybridized carbons (Fsp3) is 0.792. The summed E-state index contributed by atoms with van der Waals surface area (Å²) < 4.78 is 55.7. The van der Waals surface area contributed by atoms with Crippen LogP contribution in [0.5, 0.6) is 0 Å². The first-order chi connectivity index (χ1) is 17.3. The Morgan fingerprint density at radius 1 is 1.05 bits per heavy atom. The van der Waals surface area contributed by atoms with Crippen LogP contribution in [-0.2, 0) is 19.2 Å². The monoisotopic (exact) mass is 550 g/mol. The third-order valence-corrected chi connectivity index (χ3v) is 7.25. The van der Waals surface area contributed by atoms with Crippen molar-refractivity contribution in [2.45, 2.75) is 102 Å². The minimum atomic E-state index is -3.21. The molecular formula is C24H34F4N4O6. The number of Topliss-reactive ketones (excluding diaryl/α,β-unsaturated/α-hetero) is 1. The number of carboxylic acid groups (broad SMARTS) is 1. The van der Waals surface area contributed by atoms with E-state index in [0.717, 1.165) is 4.90 Å². The summed E-state index contributed by atoms with van der Waals surface area (Å²) in [5.41, 5.74) is -2.69. The topological polar surface area (TPSA) is 145 Å². The van der Waals surface area contributed by atoms with Crippen LogP contribution in [0.25, 0.3) is 0 Å². The molecule has 3 aliphatic rings. The second-order valence-corrected chi connectivity index (χ2v) is 11.9. The number of alkyl halides is 4. The van der Waals surface area contributed by atoms with Crippen molar-refractivity contribution in [3.05, 3.63) is 0 Å². The number of ketones is 1. The summed E-state index contributed by atoms with van der Waals surface area (Å²) in [6.45, 7) is 4.74. The number of hydrogen-bond acceptors (Lipinski definition) is 5. The summed E-state index contributed by atoms with van der Waals surface area (Å²) in [6.07, 6.45) is -2.73. The van der Waals surface area contributed by atoms with Gasteiger partial charge in [-0.1, -0.05) is 20.8 Å². The summed E-state index contributed by atoms with van der Waals surface area (Å²) in [7, 11) is 0. The average molecular weight is 551 g/mol. The molecule has 3 fully saturated rings. The minimum Gasteiger partial charge on any atom is -0.465 e. The van der Waals surface area contributed by atoms with Gasteiger partial charge in [0.15, 0.2) is 0 Å². The zero-order chi connectivity index (χ0) is 28.8. The Kier molecular flexibility index (Phi) is 7.79. The molecule has 1 saturated heterocycles. The second-order valence-electron chi connectivity index (χ2n) is 11.9. The Labute approximate surface area is 217 Å². The standard InChI is InChI=1S/C24H34F4N4O6/c1-21(2,3)16(31-20(37)38)19(36)32-11-23(10-24(23,27)28)9-14(32)17(34)30-13(7-8-22(4,25)26)15(33)18(35)29-12-5-6-12/h12-14,16,31H,5-11H2,1-4H3,(H,29,35)(H,30,34)(H,37,38)/t13-,14-,16+,23?/m0/s1. The predicted molar refractivity (Wildman–Crippen MR) is 124 cm³/mol. The van der Waals surface area contributed by atoms with Gasteiger partial charge in [0, 0.05) is 25.4 Å². The smallest absolute Gasteiger partial charge is 0.405 e. The Hall–Kier alpha value is -2.93. The minimum absolute atomic E-state index is 0.216. The first-order valence-electron chi connectivity index (χ1n) is 12.5. The molecule has 1 heterocycles. The highest BCUT2D eigenvalue weighted by atomic mass is 19.3. The van der Waals surface area contributed by atoms with Crippen LogP contribution in [0.15, 0.2) is 0 Å². The highest BCUT2D eigenvalue weighted by Gasteiger charge is 2.75.